The minimum absolute atomic E-state index is 0.167. The van der Waals surface area contributed by atoms with Crippen molar-refractivity contribution in [1.82, 2.24) is 4.98 Å². The lowest BCUT2D eigenvalue weighted by molar-refractivity contribution is 0.0695. The summed E-state index contributed by atoms with van der Waals surface area (Å²) in [4.78, 5) is 16.0. The predicted molar refractivity (Wildman–Crippen MR) is 84.6 cm³/mol. The summed E-state index contributed by atoms with van der Waals surface area (Å²) in [5.41, 5.74) is 2.50. The Morgan fingerprint density at radius 2 is 1.73 bits per heavy atom. The minimum Gasteiger partial charge on any atom is -0.478 e. The van der Waals surface area contributed by atoms with Crippen molar-refractivity contribution in [3.05, 3.63) is 53.1 Å². The van der Waals surface area contributed by atoms with Gasteiger partial charge in [-0.15, -0.1) is 0 Å². The molecule has 0 amide bonds. The van der Waals surface area contributed by atoms with Crippen LogP contribution in [0.3, 0.4) is 0 Å². The highest BCUT2D eigenvalue weighted by Gasteiger charge is 2.18. The molecule has 0 spiro atoms. The molecule has 0 radical (unpaired) electrons. The third kappa shape index (κ3) is 3.32. The second-order valence-corrected chi connectivity index (χ2v) is 5.26. The van der Waals surface area contributed by atoms with Gasteiger partial charge in [0, 0.05) is 16.8 Å². The topological polar surface area (TPSA) is 50.2 Å². The minimum atomic E-state index is -1.02. The molecular formula is C18H20FNO2. The maximum absolute atomic E-state index is 14.1. The van der Waals surface area contributed by atoms with E-state index in [9.17, 15) is 14.3 Å². The molecule has 4 heteroatoms. The second-order valence-electron chi connectivity index (χ2n) is 5.26. The maximum Gasteiger partial charge on any atom is 0.337 e. The fraction of sp³-hybridized carbons (Fsp3) is 0.333. The van der Waals surface area contributed by atoms with Gasteiger partial charge < -0.3 is 5.11 Å². The Hall–Kier alpha value is -2.23. The van der Waals surface area contributed by atoms with E-state index in [0.717, 1.165) is 18.5 Å². The molecule has 1 aromatic carbocycles. The number of hydrogen-bond acceptors (Lipinski definition) is 2. The van der Waals surface area contributed by atoms with Gasteiger partial charge in [0.2, 0.25) is 0 Å². The van der Waals surface area contributed by atoms with Crippen LogP contribution in [-0.4, -0.2) is 16.1 Å². The lowest BCUT2D eigenvalue weighted by atomic mass is 9.96. The molecular weight excluding hydrogens is 281 g/mol. The van der Waals surface area contributed by atoms with E-state index in [-0.39, 0.29) is 11.4 Å². The Labute approximate surface area is 129 Å². The van der Waals surface area contributed by atoms with Gasteiger partial charge in [-0.1, -0.05) is 44.9 Å². The number of benzene rings is 1. The lowest BCUT2D eigenvalue weighted by Gasteiger charge is -2.14. The maximum atomic E-state index is 14.1. The fourth-order valence-corrected chi connectivity index (χ4v) is 2.55. The molecule has 1 aromatic heterocycles. The molecule has 0 unspecified atom stereocenters. The smallest absolute Gasteiger partial charge is 0.337 e. The van der Waals surface area contributed by atoms with Crippen LogP contribution < -0.4 is 0 Å². The molecule has 0 aliphatic carbocycles. The van der Waals surface area contributed by atoms with Crippen molar-refractivity contribution in [2.24, 2.45) is 0 Å². The summed E-state index contributed by atoms with van der Waals surface area (Å²) in [6.07, 6.45) is 2.99. The second kappa shape index (κ2) is 7.16. The molecule has 0 bridgehead atoms. The van der Waals surface area contributed by atoms with Crippen LogP contribution in [0.4, 0.5) is 4.39 Å². The van der Waals surface area contributed by atoms with Crippen LogP contribution in [0.15, 0.2) is 30.3 Å². The van der Waals surface area contributed by atoms with Crippen LogP contribution in [0, 0.1) is 5.82 Å². The van der Waals surface area contributed by atoms with E-state index in [4.69, 9.17) is 0 Å². The van der Waals surface area contributed by atoms with E-state index in [1.807, 2.05) is 13.8 Å². The van der Waals surface area contributed by atoms with Crippen LogP contribution >= 0.6 is 0 Å². The van der Waals surface area contributed by atoms with Crippen LogP contribution in [0.5, 0.6) is 0 Å². The van der Waals surface area contributed by atoms with Gasteiger partial charge in [0.25, 0.3) is 0 Å². The van der Waals surface area contributed by atoms with Gasteiger partial charge in [-0.2, -0.15) is 0 Å². The number of carboxylic acid groups (broad SMARTS) is 1. The first-order chi connectivity index (χ1) is 10.6. The Morgan fingerprint density at radius 1 is 1.09 bits per heavy atom. The van der Waals surface area contributed by atoms with Crippen LogP contribution in [0.1, 0.15) is 48.4 Å². The summed E-state index contributed by atoms with van der Waals surface area (Å²) in [6, 6.07) is 7.98. The van der Waals surface area contributed by atoms with Crippen molar-refractivity contribution < 1.29 is 14.3 Å². The van der Waals surface area contributed by atoms with Crippen molar-refractivity contribution in [2.75, 3.05) is 0 Å². The number of aromatic nitrogens is 1. The van der Waals surface area contributed by atoms with E-state index < -0.39 is 5.97 Å². The first kappa shape index (κ1) is 16.1. The molecule has 0 atom stereocenters. The van der Waals surface area contributed by atoms with Crippen molar-refractivity contribution >= 4 is 5.97 Å². The SMILES string of the molecule is CCCc1nc(CCC)c(-c2ccccc2F)cc1C(=O)O. The van der Waals surface area contributed by atoms with Crippen molar-refractivity contribution in [3.8, 4) is 11.1 Å². The molecule has 116 valence electrons. The average molecular weight is 301 g/mol. The van der Waals surface area contributed by atoms with Crippen LogP contribution in [0.25, 0.3) is 11.1 Å². The van der Waals surface area contributed by atoms with E-state index in [1.54, 1.807) is 24.3 Å². The molecule has 2 rings (SSSR count). The van der Waals surface area contributed by atoms with Crippen LogP contribution in [0.2, 0.25) is 0 Å². The lowest BCUT2D eigenvalue weighted by Crippen LogP contribution is -2.09. The Bertz CT molecular complexity index is 683. The number of carboxylic acids is 1. The van der Waals surface area contributed by atoms with E-state index >= 15 is 0 Å². The molecule has 0 saturated carbocycles. The molecule has 0 fully saturated rings. The molecule has 3 nitrogen and oxygen atoms in total. The highest BCUT2D eigenvalue weighted by molar-refractivity contribution is 5.91. The normalized spacial score (nSPS) is 10.7. The number of pyridine rings is 1. The first-order valence-corrected chi connectivity index (χ1v) is 7.59. The standard InChI is InChI=1S/C18H20FNO2/c1-3-7-16-13(12-9-5-6-10-15(12)19)11-14(18(21)22)17(20-16)8-4-2/h5-6,9-11H,3-4,7-8H2,1-2H3,(H,21,22). The van der Waals surface area contributed by atoms with Gasteiger partial charge in [-0.25, -0.2) is 9.18 Å². The van der Waals surface area contributed by atoms with Gasteiger partial charge in [-0.05, 0) is 25.0 Å². The predicted octanol–water partition coefficient (Wildman–Crippen LogP) is 4.49. The van der Waals surface area contributed by atoms with Crippen molar-refractivity contribution in [2.45, 2.75) is 39.5 Å². The Kier molecular flexibility index (Phi) is 5.26. The zero-order chi connectivity index (χ0) is 16.1. The largest absolute Gasteiger partial charge is 0.478 e. The molecule has 1 N–H and O–H groups in total. The average Bonchev–Trinajstić information content (AvgIpc) is 2.49. The van der Waals surface area contributed by atoms with Gasteiger partial charge in [-0.3, -0.25) is 4.98 Å². The third-order valence-electron chi connectivity index (χ3n) is 3.55. The number of carbonyl (C=O) groups is 1. The van der Waals surface area contributed by atoms with Crippen molar-refractivity contribution in [1.29, 1.82) is 0 Å². The van der Waals surface area contributed by atoms with Crippen molar-refractivity contribution in [3.63, 3.8) is 0 Å². The van der Waals surface area contributed by atoms with E-state index in [1.165, 1.54) is 6.07 Å². The highest BCUT2D eigenvalue weighted by Crippen LogP contribution is 2.29. The summed E-state index contributed by atoms with van der Waals surface area (Å²) in [5, 5.41) is 9.42. The molecule has 2 aromatic rings. The third-order valence-corrected chi connectivity index (χ3v) is 3.55. The first-order valence-electron chi connectivity index (χ1n) is 7.59. The van der Waals surface area contributed by atoms with Gasteiger partial charge in [0.1, 0.15) is 5.82 Å². The van der Waals surface area contributed by atoms with Gasteiger partial charge in [0.15, 0.2) is 0 Å². The summed E-state index contributed by atoms with van der Waals surface area (Å²) < 4.78 is 14.1. The summed E-state index contributed by atoms with van der Waals surface area (Å²) in [7, 11) is 0. The molecule has 0 aliphatic rings. The molecule has 0 aliphatic heterocycles. The number of hydrogen-bond donors (Lipinski definition) is 1. The van der Waals surface area contributed by atoms with Gasteiger partial charge >= 0.3 is 5.97 Å². The number of rotatable bonds is 6. The molecule has 22 heavy (non-hydrogen) atoms. The quantitative estimate of drug-likeness (QED) is 0.855. The van der Waals surface area contributed by atoms with E-state index in [2.05, 4.69) is 4.98 Å². The fourth-order valence-electron chi connectivity index (χ4n) is 2.55. The van der Waals surface area contributed by atoms with Gasteiger partial charge in [0.05, 0.1) is 11.3 Å². The zero-order valence-corrected chi connectivity index (χ0v) is 12.9. The number of aromatic carboxylic acids is 1. The summed E-state index contributed by atoms with van der Waals surface area (Å²) >= 11 is 0. The molecule has 1 heterocycles. The highest BCUT2D eigenvalue weighted by atomic mass is 19.1. The molecule has 0 saturated heterocycles. The zero-order valence-electron chi connectivity index (χ0n) is 12.9. The Morgan fingerprint density at radius 3 is 2.32 bits per heavy atom. The monoisotopic (exact) mass is 301 g/mol. The Balaban J connectivity index is 2.68. The van der Waals surface area contributed by atoms with Crippen LogP contribution in [-0.2, 0) is 12.8 Å². The summed E-state index contributed by atoms with van der Waals surface area (Å²) in [5.74, 6) is -1.38. The number of halogens is 1. The van der Waals surface area contributed by atoms with E-state index in [0.29, 0.717) is 29.7 Å². The summed E-state index contributed by atoms with van der Waals surface area (Å²) in [6.45, 7) is 4.01. The number of nitrogens with zero attached hydrogens (tertiary/aromatic N) is 1. The number of aryl methyl sites for hydroxylation is 2.